The van der Waals surface area contributed by atoms with Crippen LogP contribution in [0.3, 0.4) is 0 Å². The summed E-state index contributed by atoms with van der Waals surface area (Å²) in [7, 11) is 0. The molecule has 3 unspecified atom stereocenters. The molecule has 0 aliphatic carbocycles. The lowest BCUT2D eigenvalue weighted by Gasteiger charge is -2.40. The number of likely N-dealkylation sites (tertiary alicyclic amines) is 1. The summed E-state index contributed by atoms with van der Waals surface area (Å²) in [5.41, 5.74) is 2.27. The quantitative estimate of drug-likeness (QED) is 0.765. The van der Waals surface area contributed by atoms with Crippen molar-refractivity contribution in [2.75, 3.05) is 6.54 Å². The Morgan fingerprint density at radius 3 is 2.53 bits per heavy atom. The number of carbonyl (C=O) groups excluding carboxylic acids is 3. The van der Waals surface area contributed by atoms with Crippen LogP contribution in [0.15, 0.2) is 48.5 Å². The highest BCUT2D eigenvalue weighted by molar-refractivity contribution is 6.07. The van der Waals surface area contributed by atoms with Gasteiger partial charge < -0.3 is 10.2 Å². The average Bonchev–Trinajstić information content (AvgIpc) is 3.00. The maximum Gasteiger partial charge on any atom is 0.322 e. The van der Waals surface area contributed by atoms with E-state index in [9.17, 15) is 14.4 Å². The molecule has 0 radical (unpaired) electrons. The standard InChI is InChI=1S/C24H27N3O3/c1-15-9-11-17(12-10-15)20-16(2)6-5-13-27(20)21(28)18-7-4-8-19(14-18)24(3)22(29)25-23(30)26-24/h4,7-12,14,16,20H,5-6,13H2,1-3H3,(H2,25,26,29,30). The van der Waals surface area contributed by atoms with E-state index in [1.54, 1.807) is 31.2 Å². The van der Waals surface area contributed by atoms with Gasteiger partial charge >= 0.3 is 6.03 Å². The van der Waals surface area contributed by atoms with Gasteiger partial charge in [-0.2, -0.15) is 0 Å². The molecule has 6 heteroatoms. The molecule has 2 N–H and O–H groups in total. The molecular formula is C24H27N3O3. The zero-order valence-corrected chi connectivity index (χ0v) is 17.6. The first-order valence-electron chi connectivity index (χ1n) is 10.4. The third-order valence-corrected chi connectivity index (χ3v) is 6.34. The molecule has 4 amide bonds. The number of carbonyl (C=O) groups is 3. The van der Waals surface area contributed by atoms with Crippen LogP contribution in [0.25, 0.3) is 0 Å². The van der Waals surface area contributed by atoms with Crippen LogP contribution in [0.4, 0.5) is 4.79 Å². The Bertz CT molecular complexity index is 1000. The topological polar surface area (TPSA) is 78.5 Å². The van der Waals surface area contributed by atoms with E-state index in [0.717, 1.165) is 18.4 Å². The van der Waals surface area contributed by atoms with Crippen LogP contribution in [-0.2, 0) is 10.3 Å². The van der Waals surface area contributed by atoms with E-state index < -0.39 is 17.5 Å². The molecule has 0 aromatic heterocycles. The number of imide groups is 1. The fourth-order valence-electron chi connectivity index (χ4n) is 4.56. The number of aryl methyl sites for hydroxylation is 1. The molecule has 4 rings (SSSR count). The molecule has 2 fully saturated rings. The third-order valence-electron chi connectivity index (χ3n) is 6.34. The number of nitrogens with one attached hydrogen (secondary N) is 2. The summed E-state index contributed by atoms with van der Waals surface area (Å²) in [5.74, 6) is -0.116. The number of rotatable bonds is 3. The Kier molecular flexibility index (Phi) is 5.10. The highest BCUT2D eigenvalue weighted by atomic mass is 16.2. The van der Waals surface area contributed by atoms with Gasteiger partial charge in [0.15, 0.2) is 0 Å². The lowest BCUT2D eigenvalue weighted by molar-refractivity contribution is -0.123. The predicted octanol–water partition coefficient (Wildman–Crippen LogP) is 3.66. The molecule has 156 valence electrons. The Balaban J connectivity index is 1.67. The van der Waals surface area contributed by atoms with Crippen molar-refractivity contribution < 1.29 is 14.4 Å². The fraction of sp³-hybridized carbons (Fsp3) is 0.375. The number of hydrogen-bond acceptors (Lipinski definition) is 3. The number of piperidine rings is 1. The lowest BCUT2D eigenvalue weighted by atomic mass is 9.85. The largest absolute Gasteiger partial charge is 0.331 e. The predicted molar refractivity (Wildman–Crippen MR) is 114 cm³/mol. The Morgan fingerprint density at radius 1 is 1.13 bits per heavy atom. The van der Waals surface area contributed by atoms with E-state index in [-0.39, 0.29) is 11.9 Å². The maximum atomic E-state index is 13.6. The molecule has 2 aromatic rings. The Labute approximate surface area is 176 Å². The molecule has 0 spiro atoms. The summed E-state index contributed by atoms with van der Waals surface area (Å²) in [5, 5.41) is 4.94. The monoisotopic (exact) mass is 405 g/mol. The van der Waals surface area contributed by atoms with Crippen molar-refractivity contribution in [3.05, 3.63) is 70.8 Å². The number of benzene rings is 2. The van der Waals surface area contributed by atoms with Gasteiger partial charge in [-0.1, -0.05) is 48.9 Å². The summed E-state index contributed by atoms with van der Waals surface area (Å²) in [4.78, 5) is 39.5. The first kappa shape index (κ1) is 20.1. The molecule has 6 nitrogen and oxygen atoms in total. The molecule has 2 aromatic carbocycles. The van der Waals surface area contributed by atoms with Gasteiger partial charge in [-0.05, 0) is 55.9 Å². The minimum atomic E-state index is -1.18. The van der Waals surface area contributed by atoms with Crippen LogP contribution >= 0.6 is 0 Å². The van der Waals surface area contributed by atoms with Crippen LogP contribution in [0.2, 0.25) is 0 Å². The van der Waals surface area contributed by atoms with Crippen LogP contribution in [0, 0.1) is 12.8 Å². The Hall–Kier alpha value is -3.15. The smallest absolute Gasteiger partial charge is 0.322 e. The van der Waals surface area contributed by atoms with Crippen molar-refractivity contribution in [2.45, 2.75) is 45.2 Å². The van der Waals surface area contributed by atoms with Crippen LogP contribution in [0.5, 0.6) is 0 Å². The highest BCUT2D eigenvalue weighted by Crippen LogP contribution is 2.37. The highest BCUT2D eigenvalue weighted by Gasteiger charge is 2.44. The van der Waals surface area contributed by atoms with Crippen molar-refractivity contribution in [3.8, 4) is 0 Å². The van der Waals surface area contributed by atoms with Gasteiger partial charge in [0, 0.05) is 12.1 Å². The molecule has 2 aliphatic heterocycles. The summed E-state index contributed by atoms with van der Waals surface area (Å²) >= 11 is 0. The van der Waals surface area contributed by atoms with Gasteiger partial charge in [-0.15, -0.1) is 0 Å². The number of urea groups is 1. The second-order valence-electron chi connectivity index (χ2n) is 8.59. The average molecular weight is 405 g/mol. The first-order chi connectivity index (χ1) is 14.3. The zero-order chi connectivity index (χ0) is 21.5. The second-order valence-corrected chi connectivity index (χ2v) is 8.59. The normalized spacial score (nSPS) is 26.3. The molecule has 2 aliphatic rings. The molecular weight excluding hydrogens is 378 g/mol. The molecule has 3 atom stereocenters. The van der Waals surface area contributed by atoms with Gasteiger partial charge in [-0.25, -0.2) is 4.79 Å². The first-order valence-corrected chi connectivity index (χ1v) is 10.4. The third kappa shape index (κ3) is 3.47. The maximum absolute atomic E-state index is 13.6. The van der Waals surface area contributed by atoms with Gasteiger partial charge in [0.25, 0.3) is 11.8 Å². The molecule has 0 saturated carbocycles. The van der Waals surface area contributed by atoms with Gasteiger partial charge in [0.05, 0.1) is 6.04 Å². The van der Waals surface area contributed by atoms with E-state index in [0.29, 0.717) is 23.6 Å². The number of nitrogens with zero attached hydrogens (tertiary/aromatic N) is 1. The summed E-state index contributed by atoms with van der Waals surface area (Å²) < 4.78 is 0. The lowest BCUT2D eigenvalue weighted by Crippen LogP contribution is -2.43. The fourth-order valence-corrected chi connectivity index (χ4v) is 4.56. The minimum absolute atomic E-state index is 0.0144. The zero-order valence-electron chi connectivity index (χ0n) is 17.6. The van der Waals surface area contributed by atoms with E-state index in [1.165, 1.54) is 5.56 Å². The minimum Gasteiger partial charge on any atom is -0.331 e. The van der Waals surface area contributed by atoms with Gasteiger partial charge in [0.1, 0.15) is 5.54 Å². The van der Waals surface area contributed by atoms with Crippen LogP contribution in [-0.4, -0.2) is 29.3 Å². The molecule has 0 bridgehead atoms. The van der Waals surface area contributed by atoms with E-state index in [1.807, 2.05) is 4.90 Å². The van der Waals surface area contributed by atoms with Gasteiger partial charge in [0.2, 0.25) is 0 Å². The second kappa shape index (κ2) is 7.59. The van der Waals surface area contributed by atoms with Crippen molar-refractivity contribution in [1.82, 2.24) is 15.5 Å². The summed E-state index contributed by atoms with van der Waals surface area (Å²) in [6.07, 6.45) is 2.04. The van der Waals surface area contributed by atoms with Crippen molar-refractivity contribution in [1.29, 1.82) is 0 Å². The number of amides is 4. The summed E-state index contributed by atoms with van der Waals surface area (Å²) in [6.45, 7) is 6.59. The number of hydrogen-bond donors (Lipinski definition) is 2. The Morgan fingerprint density at radius 2 is 1.87 bits per heavy atom. The summed E-state index contributed by atoms with van der Waals surface area (Å²) in [6, 6.07) is 14.9. The van der Waals surface area contributed by atoms with E-state index in [2.05, 4.69) is 48.7 Å². The van der Waals surface area contributed by atoms with Crippen molar-refractivity contribution >= 4 is 17.8 Å². The van der Waals surface area contributed by atoms with E-state index in [4.69, 9.17) is 0 Å². The SMILES string of the molecule is Cc1ccc(C2C(C)CCCN2C(=O)c2cccc(C3(C)NC(=O)NC3=O)c2)cc1. The molecule has 30 heavy (non-hydrogen) atoms. The van der Waals surface area contributed by atoms with Gasteiger partial charge in [-0.3, -0.25) is 14.9 Å². The van der Waals surface area contributed by atoms with Crippen molar-refractivity contribution in [3.63, 3.8) is 0 Å². The van der Waals surface area contributed by atoms with Crippen molar-refractivity contribution in [2.24, 2.45) is 5.92 Å². The van der Waals surface area contributed by atoms with E-state index >= 15 is 0 Å². The molecule has 2 heterocycles. The van der Waals surface area contributed by atoms with Crippen LogP contribution < -0.4 is 10.6 Å². The molecule has 2 saturated heterocycles. The van der Waals surface area contributed by atoms with Crippen LogP contribution in [0.1, 0.15) is 59.8 Å².